The quantitative estimate of drug-likeness (QED) is 0.842. The van der Waals surface area contributed by atoms with Crippen LogP contribution in [0.2, 0.25) is 0 Å². The van der Waals surface area contributed by atoms with Gasteiger partial charge < -0.3 is 5.11 Å². The molecule has 3 rings (SSSR count). The molecule has 0 saturated heterocycles. The van der Waals surface area contributed by atoms with Gasteiger partial charge in [-0.25, -0.2) is 0 Å². The highest BCUT2D eigenvalue weighted by Crippen LogP contribution is 2.44. The lowest BCUT2D eigenvalue weighted by molar-refractivity contribution is 0.125. The fourth-order valence-corrected chi connectivity index (χ4v) is 3.45. The second-order valence-electron chi connectivity index (χ2n) is 5.97. The summed E-state index contributed by atoms with van der Waals surface area (Å²) in [7, 11) is 0. The molecule has 4 atom stereocenters. The summed E-state index contributed by atoms with van der Waals surface area (Å²) < 4.78 is 0. The van der Waals surface area contributed by atoms with Crippen molar-refractivity contribution in [2.75, 3.05) is 0 Å². The van der Waals surface area contributed by atoms with Gasteiger partial charge in [-0.2, -0.15) is 0 Å². The van der Waals surface area contributed by atoms with E-state index < -0.39 is 0 Å². The Morgan fingerprint density at radius 2 is 2.12 bits per heavy atom. The van der Waals surface area contributed by atoms with Crippen molar-refractivity contribution in [2.24, 2.45) is 11.8 Å². The standard InChI is InChI=1S/C16H22O/c1-11-9-15(11)16(17)10-13-7-4-6-12-5-2-3-8-14(12)13/h2-3,5,8,11,13,15-17H,4,6-7,9-10H2,1H3. The van der Waals surface area contributed by atoms with Crippen LogP contribution < -0.4 is 0 Å². The number of hydrogen-bond acceptors (Lipinski definition) is 1. The Kier molecular flexibility index (Phi) is 2.96. The van der Waals surface area contributed by atoms with Gasteiger partial charge in [0.05, 0.1) is 6.10 Å². The van der Waals surface area contributed by atoms with Crippen LogP contribution in [0.5, 0.6) is 0 Å². The summed E-state index contributed by atoms with van der Waals surface area (Å²) in [5.74, 6) is 1.94. The average Bonchev–Trinajstić information content (AvgIpc) is 3.07. The Hall–Kier alpha value is -0.820. The number of benzene rings is 1. The SMILES string of the molecule is CC1CC1C(O)CC1CCCc2ccccc21. The maximum Gasteiger partial charge on any atom is 0.0576 e. The molecular weight excluding hydrogens is 208 g/mol. The van der Waals surface area contributed by atoms with Crippen molar-refractivity contribution < 1.29 is 5.11 Å². The lowest BCUT2D eigenvalue weighted by Gasteiger charge is -2.27. The highest BCUT2D eigenvalue weighted by Gasteiger charge is 2.39. The lowest BCUT2D eigenvalue weighted by atomic mass is 9.79. The third-order valence-corrected chi connectivity index (χ3v) is 4.69. The molecule has 4 unspecified atom stereocenters. The van der Waals surface area contributed by atoms with Gasteiger partial charge in [-0.1, -0.05) is 31.2 Å². The average molecular weight is 230 g/mol. The number of rotatable bonds is 3. The van der Waals surface area contributed by atoms with Crippen LogP contribution in [-0.4, -0.2) is 11.2 Å². The van der Waals surface area contributed by atoms with Crippen LogP contribution in [0.1, 0.15) is 49.7 Å². The van der Waals surface area contributed by atoms with Crippen molar-refractivity contribution in [3.63, 3.8) is 0 Å². The summed E-state index contributed by atoms with van der Waals surface area (Å²) in [6.07, 6.45) is 5.91. The summed E-state index contributed by atoms with van der Waals surface area (Å²) in [4.78, 5) is 0. The molecule has 92 valence electrons. The molecule has 1 N–H and O–H groups in total. The van der Waals surface area contributed by atoms with E-state index >= 15 is 0 Å². The van der Waals surface area contributed by atoms with Crippen molar-refractivity contribution in [2.45, 2.75) is 51.0 Å². The summed E-state index contributed by atoms with van der Waals surface area (Å²) in [6.45, 7) is 2.25. The van der Waals surface area contributed by atoms with Gasteiger partial charge in [0.2, 0.25) is 0 Å². The first-order chi connectivity index (χ1) is 8.25. The fourth-order valence-electron chi connectivity index (χ4n) is 3.45. The molecule has 0 radical (unpaired) electrons. The van der Waals surface area contributed by atoms with Gasteiger partial charge in [-0.3, -0.25) is 0 Å². The molecule has 0 heterocycles. The Morgan fingerprint density at radius 3 is 2.88 bits per heavy atom. The van der Waals surface area contributed by atoms with E-state index in [1.807, 2.05) is 0 Å². The first kappa shape index (κ1) is 11.3. The van der Waals surface area contributed by atoms with Gasteiger partial charge in [0, 0.05) is 0 Å². The minimum Gasteiger partial charge on any atom is -0.393 e. The van der Waals surface area contributed by atoms with Crippen LogP contribution in [0, 0.1) is 11.8 Å². The van der Waals surface area contributed by atoms with Crippen molar-refractivity contribution in [1.29, 1.82) is 0 Å². The van der Waals surface area contributed by atoms with Gasteiger partial charge in [0.15, 0.2) is 0 Å². The van der Waals surface area contributed by atoms with Crippen molar-refractivity contribution in [1.82, 2.24) is 0 Å². The van der Waals surface area contributed by atoms with Crippen LogP contribution in [0.4, 0.5) is 0 Å². The van der Waals surface area contributed by atoms with Crippen LogP contribution in [0.25, 0.3) is 0 Å². The number of aliphatic hydroxyl groups excluding tert-OH is 1. The first-order valence-corrected chi connectivity index (χ1v) is 7.01. The van der Waals surface area contributed by atoms with Crippen LogP contribution in [-0.2, 0) is 6.42 Å². The van der Waals surface area contributed by atoms with E-state index in [1.54, 1.807) is 0 Å². The van der Waals surface area contributed by atoms with Gasteiger partial charge in [-0.05, 0) is 61.0 Å². The first-order valence-electron chi connectivity index (χ1n) is 7.01. The molecule has 17 heavy (non-hydrogen) atoms. The van der Waals surface area contributed by atoms with E-state index in [1.165, 1.54) is 36.8 Å². The van der Waals surface area contributed by atoms with E-state index in [0.29, 0.717) is 11.8 Å². The van der Waals surface area contributed by atoms with Gasteiger partial charge in [0.25, 0.3) is 0 Å². The maximum atomic E-state index is 10.2. The van der Waals surface area contributed by atoms with E-state index in [0.717, 1.165) is 12.3 Å². The largest absolute Gasteiger partial charge is 0.393 e. The normalized spacial score (nSPS) is 32.9. The zero-order valence-corrected chi connectivity index (χ0v) is 10.6. The van der Waals surface area contributed by atoms with E-state index in [4.69, 9.17) is 0 Å². The number of hydrogen-bond donors (Lipinski definition) is 1. The van der Waals surface area contributed by atoms with Crippen LogP contribution in [0.3, 0.4) is 0 Å². The maximum absolute atomic E-state index is 10.2. The zero-order chi connectivity index (χ0) is 11.8. The third kappa shape index (κ3) is 2.26. The van der Waals surface area contributed by atoms with Gasteiger partial charge in [0.1, 0.15) is 0 Å². The summed E-state index contributed by atoms with van der Waals surface area (Å²) in [5.41, 5.74) is 3.02. The monoisotopic (exact) mass is 230 g/mol. The van der Waals surface area contributed by atoms with E-state index in [-0.39, 0.29) is 6.10 Å². The molecule has 0 spiro atoms. The molecule has 0 amide bonds. The molecule has 0 bridgehead atoms. The van der Waals surface area contributed by atoms with Crippen LogP contribution >= 0.6 is 0 Å². The Labute approximate surface area is 104 Å². The fraction of sp³-hybridized carbons (Fsp3) is 0.625. The zero-order valence-electron chi connectivity index (χ0n) is 10.6. The van der Waals surface area contributed by atoms with Gasteiger partial charge >= 0.3 is 0 Å². The molecule has 1 fully saturated rings. The topological polar surface area (TPSA) is 20.2 Å². The molecule has 2 aliphatic rings. The molecule has 1 saturated carbocycles. The predicted octanol–water partition coefficient (Wildman–Crippen LogP) is 3.51. The highest BCUT2D eigenvalue weighted by molar-refractivity contribution is 5.32. The smallest absolute Gasteiger partial charge is 0.0576 e. The number of fused-ring (bicyclic) bond motifs is 1. The summed E-state index contributed by atoms with van der Waals surface area (Å²) in [6, 6.07) is 8.81. The lowest BCUT2D eigenvalue weighted by Crippen LogP contribution is -2.18. The Bertz CT molecular complexity index is 398. The molecule has 1 aromatic carbocycles. The molecule has 0 aliphatic heterocycles. The minimum atomic E-state index is -0.0684. The highest BCUT2D eigenvalue weighted by atomic mass is 16.3. The molecule has 1 nitrogen and oxygen atoms in total. The molecule has 0 aromatic heterocycles. The summed E-state index contributed by atoms with van der Waals surface area (Å²) >= 11 is 0. The summed E-state index contributed by atoms with van der Waals surface area (Å²) in [5, 5.41) is 10.2. The second-order valence-corrected chi connectivity index (χ2v) is 5.97. The number of aliphatic hydroxyl groups is 1. The Balaban J connectivity index is 1.72. The van der Waals surface area contributed by atoms with E-state index in [2.05, 4.69) is 31.2 Å². The van der Waals surface area contributed by atoms with E-state index in [9.17, 15) is 5.11 Å². The molecule has 2 aliphatic carbocycles. The predicted molar refractivity (Wildman–Crippen MR) is 70.0 cm³/mol. The van der Waals surface area contributed by atoms with Gasteiger partial charge in [-0.15, -0.1) is 0 Å². The number of aryl methyl sites for hydroxylation is 1. The van der Waals surface area contributed by atoms with Crippen molar-refractivity contribution >= 4 is 0 Å². The third-order valence-electron chi connectivity index (χ3n) is 4.69. The molecule has 1 aromatic rings. The van der Waals surface area contributed by atoms with Crippen LogP contribution in [0.15, 0.2) is 24.3 Å². The second kappa shape index (κ2) is 4.45. The van der Waals surface area contributed by atoms with Crippen molar-refractivity contribution in [3.05, 3.63) is 35.4 Å². The van der Waals surface area contributed by atoms with Crippen molar-refractivity contribution in [3.8, 4) is 0 Å². The Morgan fingerprint density at radius 1 is 1.35 bits per heavy atom. The minimum absolute atomic E-state index is 0.0684. The molecular formula is C16H22O. The molecule has 1 heteroatoms.